The van der Waals surface area contributed by atoms with Crippen LogP contribution in [0.25, 0.3) is 0 Å². The fourth-order valence-electron chi connectivity index (χ4n) is 1.61. The third-order valence-electron chi connectivity index (χ3n) is 2.40. The summed E-state index contributed by atoms with van der Waals surface area (Å²) in [5.41, 5.74) is 0. The Morgan fingerprint density at radius 1 is 1.50 bits per heavy atom. The van der Waals surface area contributed by atoms with Gasteiger partial charge in [-0.1, -0.05) is 20.3 Å². The van der Waals surface area contributed by atoms with Crippen molar-refractivity contribution in [3.8, 4) is 0 Å². The summed E-state index contributed by atoms with van der Waals surface area (Å²) in [4.78, 5) is 0. The minimum absolute atomic E-state index is 0.789. The lowest BCUT2D eigenvalue weighted by Crippen LogP contribution is -2.23. The van der Waals surface area contributed by atoms with Crippen molar-refractivity contribution in [2.45, 2.75) is 33.1 Å². The Bertz CT molecular complexity index is 218. The summed E-state index contributed by atoms with van der Waals surface area (Å²) < 4.78 is 5.25. The van der Waals surface area contributed by atoms with Crippen molar-refractivity contribution in [3.63, 3.8) is 0 Å². The third kappa shape index (κ3) is 4.47. The van der Waals surface area contributed by atoms with Crippen LogP contribution in [-0.2, 0) is 6.42 Å². The molecule has 1 aromatic rings. The Morgan fingerprint density at radius 2 is 2.36 bits per heavy atom. The first-order valence-corrected chi connectivity index (χ1v) is 5.56. The molecule has 0 bridgehead atoms. The summed E-state index contributed by atoms with van der Waals surface area (Å²) in [5, 5.41) is 3.45. The molecule has 14 heavy (non-hydrogen) atoms. The third-order valence-corrected chi connectivity index (χ3v) is 2.40. The largest absolute Gasteiger partial charge is 0.469 e. The molecule has 0 aromatic carbocycles. The van der Waals surface area contributed by atoms with E-state index in [0.29, 0.717) is 0 Å². The first kappa shape index (κ1) is 11.3. The lowest BCUT2D eigenvalue weighted by molar-refractivity contribution is 0.459. The first-order chi connectivity index (χ1) is 6.83. The van der Waals surface area contributed by atoms with Gasteiger partial charge in [-0.15, -0.1) is 0 Å². The van der Waals surface area contributed by atoms with E-state index in [1.54, 1.807) is 6.26 Å². The summed E-state index contributed by atoms with van der Waals surface area (Å²) in [6.45, 7) is 6.67. The average Bonchev–Trinajstić information content (AvgIpc) is 2.65. The monoisotopic (exact) mass is 195 g/mol. The molecule has 1 atom stereocenters. The van der Waals surface area contributed by atoms with Crippen LogP contribution in [0.3, 0.4) is 0 Å². The van der Waals surface area contributed by atoms with Gasteiger partial charge < -0.3 is 9.73 Å². The molecule has 1 N–H and O–H groups in total. The van der Waals surface area contributed by atoms with E-state index in [1.165, 1.54) is 12.8 Å². The summed E-state index contributed by atoms with van der Waals surface area (Å²) in [5.74, 6) is 1.86. The van der Waals surface area contributed by atoms with Crippen LogP contribution in [0.5, 0.6) is 0 Å². The first-order valence-electron chi connectivity index (χ1n) is 5.56. The Kier molecular flexibility index (Phi) is 5.38. The van der Waals surface area contributed by atoms with E-state index in [9.17, 15) is 0 Å². The Hall–Kier alpha value is -0.760. The minimum atomic E-state index is 0.789. The van der Waals surface area contributed by atoms with Gasteiger partial charge in [0.05, 0.1) is 6.26 Å². The van der Waals surface area contributed by atoms with E-state index in [-0.39, 0.29) is 0 Å². The van der Waals surface area contributed by atoms with E-state index < -0.39 is 0 Å². The fourth-order valence-corrected chi connectivity index (χ4v) is 1.61. The van der Waals surface area contributed by atoms with Gasteiger partial charge in [0.1, 0.15) is 5.76 Å². The van der Waals surface area contributed by atoms with Crippen molar-refractivity contribution in [1.29, 1.82) is 0 Å². The molecule has 1 unspecified atom stereocenters. The van der Waals surface area contributed by atoms with Gasteiger partial charge in [-0.3, -0.25) is 0 Å². The van der Waals surface area contributed by atoms with Crippen molar-refractivity contribution in [2.24, 2.45) is 5.92 Å². The van der Waals surface area contributed by atoms with Crippen molar-refractivity contribution < 1.29 is 4.42 Å². The van der Waals surface area contributed by atoms with Gasteiger partial charge in [0.2, 0.25) is 0 Å². The Morgan fingerprint density at radius 3 is 3.00 bits per heavy atom. The van der Waals surface area contributed by atoms with Crippen molar-refractivity contribution in [1.82, 2.24) is 5.32 Å². The average molecular weight is 195 g/mol. The highest BCUT2D eigenvalue weighted by Gasteiger charge is 2.00. The summed E-state index contributed by atoms with van der Waals surface area (Å²) in [6.07, 6.45) is 5.32. The van der Waals surface area contributed by atoms with Gasteiger partial charge in [-0.2, -0.15) is 0 Å². The SMILES string of the molecule is CCCC(C)CNCCc1ccco1. The van der Waals surface area contributed by atoms with Crippen molar-refractivity contribution >= 4 is 0 Å². The molecule has 2 heteroatoms. The van der Waals surface area contributed by atoms with E-state index >= 15 is 0 Å². The van der Waals surface area contributed by atoms with Gasteiger partial charge in [-0.25, -0.2) is 0 Å². The molecule has 0 aliphatic carbocycles. The second-order valence-electron chi connectivity index (χ2n) is 3.93. The molecule has 0 aliphatic heterocycles. The molecule has 0 spiro atoms. The van der Waals surface area contributed by atoms with Crippen molar-refractivity contribution in [2.75, 3.05) is 13.1 Å². The predicted octanol–water partition coefficient (Wildman–Crippen LogP) is 2.85. The number of rotatable bonds is 7. The normalized spacial score (nSPS) is 13.0. The lowest BCUT2D eigenvalue weighted by Gasteiger charge is -2.10. The van der Waals surface area contributed by atoms with E-state index in [1.807, 2.05) is 12.1 Å². The maximum atomic E-state index is 5.25. The summed E-state index contributed by atoms with van der Waals surface area (Å²) in [6, 6.07) is 3.96. The quantitative estimate of drug-likeness (QED) is 0.677. The van der Waals surface area contributed by atoms with E-state index in [2.05, 4.69) is 19.2 Å². The van der Waals surface area contributed by atoms with Crippen LogP contribution in [-0.4, -0.2) is 13.1 Å². The lowest BCUT2D eigenvalue weighted by atomic mass is 10.1. The summed E-state index contributed by atoms with van der Waals surface area (Å²) >= 11 is 0. The zero-order valence-corrected chi connectivity index (χ0v) is 9.25. The number of hydrogen-bond acceptors (Lipinski definition) is 2. The van der Waals surface area contributed by atoms with Gasteiger partial charge in [0.15, 0.2) is 0 Å². The van der Waals surface area contributed by atoms with Crippen molar-refractivity contribution in [3.05, 3.63) is 24.2 Å². The van der Waals surface area contributed by atoms with Crippen LogP contribution in [0.4, 0.5) is 0 Å². The molecule has 0 saturated heterocycles. The van der Waals surface area contributed by atoms with Gasteiger partial charge >= 0.3 is 0 Å². The predicted molar refractivity (Wildman–Crippen MR) is 59.4 cm³/mol. The molecular formula is C12H21NO. The molecule has 80 valence electrons. The molecule has 1 rings (SSSR count). The maximum absolute atomic E-state index is 5.25. The number of nitrogens with one attached hydrogen (secondary N) is 1. The van der Waals surface area contributed by atoms with E-state index in [0.717, 1.165) is 31.2 Å². The highest BCUT2D eigenvalue weighted by molar-refractivity contribution is 4.98. The maximum Gasteiger partial charge on any atom is 0.105 e. The number of hydrogen-bond donors (Lipinski definition) is 1. The minimum Gasteiger partial charge on any atom is -0.469 e. The molecule has 0 fully saturated rings. The van der Waals surface area contributed by atoms with Crippen LogP contribution in [0.15, 0.2) is 22.8 Å². The van der Waals surface area contributed by atoms with Crippen LogP contribution in [0, 0.1) is 5.92 Å². The topological polar surface area (TPSA) is 25.2 Å². The summed E-state index contributed by atoms with van der Waals surface area (Å²) in [7, 11) is 0. The Balaban J connectivity index is 1.99. The molecule has 0 saturated carbocycles. The number of furan rings is 1. The van der Waals surface area contributed by atoms with Crippen LogP contribution >= 0.6 is 0 Å². The highest BCUT2D eigenvalue weighted by atomic mass is 16.3. The molecule has 0 radical (unpaired) electrons. The van der Waals surface area contributed by atoms with Crippen LogP contribution in [0.1, 0.15) is 32.4 Å². The van der Waals surface area contributed by atoms with Gasteiger partial charge in [-0.05, 0) is 31.0 Å². The molecule has 1 heterocycles. The highest BCUT2D eigenvalue weighted by Crippen LogP contribution is 2.03. The fraction of sp³-hybridized carbons (Fsp3) is 0.667. The van der Waals surface area contributed by atoms with Crippen LogP contribution < -0.4 is 5.32 Å². The smallest absolute Gasteiger partial charge is 0.105 e. The molecule has 2 nitrogen and oxygen atoms in total. The molecule has 0 aliphatic rings. The molecular weight excluding hydrogens is 174 g/mol. The molecule has 0 amide bonds. The second kappa shape index (κ2) is 6.66. The zero-order chi connectivity index (χ0) is 10.2. The standard InChI is InChI=1S/C12H21NO/c1-3-5-11(2)10-13-8-7-12-6-4-9-14-12/h4,6,9,11,13H,3,5,7-8,10H2,1-2H3. The van der Waals surface area contributed by atoms with Gasteiger partial charge in [0, 0.05) is 13.0 Å². The molecule has 1 aromatic heterocycles. The van der Waals surface area contributed by atoms with E-state index in [4.69, 9.17) is 4.42 Å². The second-order valence-corrected chi connectivity index (χ2v) is 3.93. The Labute approximate surface area is 86.7 Å². The van der Waals surface area contributed by atoms with Gasteiger partial charge in [0.25, 0.3) is 0 Å². The van der Waals surface area contributed by atoms with Crippen LogP contribution in [0.2, 0.25) is 0 Å². The zero-order valence-electron chi connectivity index (χ0n) is 9.25.